The fourth-order valence-electron chi connectivity index (χ4n) is 2.95. The number of imidazole rings is 1. The number of pyridine rings is 1. The van der Waals surface area contributed by atoms with Crippen LogP contribution < -0.4 is 0 Å². The van der Waals surface area contributed by atoms with Crippen LogP contribution in [0.4, 0.5) is 4.39 Å². The van der Waals surface area contributed by atoms with Crippen LogP contribution in [0.1, 0.15) is 22.8 Å². The molecule has 0 saturated heterocycles. The van der Waals surface area contributed by atoms with E-state index in [-0.39, 0.29) is 5.82 Å². The Morgan fingerprint density at radius 2 is 1.96 bits per heavy atom. The highest BCUT2D eigenvalue weighted by Crippen LogP contribution is 2.23. The monoisotopic (exact) mass is 338 g/mol. The van der Waals surface area contributed by atoms with Crippen molar-refractivity contribution < 1.29 is 4.39 Å². The van der Waals surface area contributed by atoms with Gasteiger partial charge in [-0.2, -0.15) is 0 Å². The molecule has 0 aliphatic carbocycles. The summed E-state index contributed by atoms with van der Waals surface area (Å²) in [5.74, 6) is 0.799. The third-order valence-electron chi connectivity index (χ3n) is 4.58. The predicted octanol–water partition coefficient (Wildman–Crippen LogP) is 3.87. The van der Waals surface area contributed by atoms with Gasteiger partial charge in [0.1, 0.15) is 11.6 Å². The maximum Gasteiger partial charge on any atom is 0.131 e. The van der Waals surface area contributed by atoms with E-state index in [0.29, 0.717) is 12.1 Å². The maximum absolute atomic E-state index is 14.5. The lowest BCUT2D eigenvalue weighted by Crippen LogP contribution is -2.19. The van der Waals surface area contributed by atoms with Gasteiger partial charge in [-0.1, -0.05) is 18.2 Å². The summed E-state index contributed by atoms with van der Waals surface area (Å²) in [7, 11) is 4.05. The van der Waals surface area contributed by atoms with Crippen molar-refractivity contribution in [1.82, 2.24) is 19.4 Å². The summed E-state index contributed by atoms with van der Waals surface area (Å²) in [6.07, 6.45) is 3.36. The number of rotatable bonds is 5. The van der Waals surface area contributed by atoms with Gasteiger partial charge in [-0.25, -0.2) is 9.37 Å². The normalized spacial score (nSPS) is 11.3. The van der Waals surface area contributed by atoms with Gasteiger partial charge in [0.25, 0.3) is 0 Å². The lowest BCUT2D eigenvalue weighted by atomic mass is 10.0. The Morgan fingerprint density at radius 3 is 2.56 bits per heavy atom. The topological polar surface area (TPSA) is 34.0 Å². The molecule has 0 unspecified atom stereocenters. The number of nitrogens with zero attached hydrogens (tertiary/aromatic N) is 4. The molecule has 0 fully saturated rings. The number of benzene rings is 1. The molecule has 2 heterocycles. The predicted molar refractivity (Wildman–Crippen MR) is 97.5 cm³/mol. The molecular weight excluding hydrogens is 315 g/mol. The van der Waals surface area contributed by atoms with Gasteiger partial charge >= 0.3 is 0 Å². The number of hydrogen-bond acceptors (Lipinski definition) is 3. The molecule has 0 amide bonds. The van der Waals surface area contributed by atoms with Crippen LogP contribution in [-0.2, 0) is 20.1 Å². The van der Waals surface area contributed by atoms with Crippen molar-refractivity contribution in [3.63, 3.8) is 0 Å². The Morgan fingerprint density at radius 1 is 1.16 bits per heavy atom. The Kier molecular flexibility index (Phi) is 4.95. The van der Waals surface area contributed by atoms with E-state index in [2.05, 4.69) is 26.4 Å². The number of halogens is 1. The Hall–Kier alpha value is -2.53. The van der Waals surface area contributed by atoms with Gasteiger partial charge in [0.15, 0.2) is 0 Å². The summed E-state index contributed by atoms with van der Waals surface area (Å²) < 4.78 is 16.6. The van der Waals surface area contributed by atoms with Gasteiger partial charge in [-0.15, -0.1) is 0 Å². The molecule has 3 rings (SSSR count). The zero-order valence-electron chi connectivity index (χ0n) is 15.1. The van der Waals surface area contributed by atoms with Crippen molar-refractivity contribution in [1.29, 1.82) is 0 Å². The minimum atomic E-state index is -0.220. The molecule has 4 nitrogen and oxygen atoms in total. The third kappa shape index (κ3) is 3.77. The molecule has 0 atom stereocenters. The van der Waals surface area contributed by atoms with Crippen molar-refractivity contribution in [2.45, 2.75) is 26.9 Å². The van der Waals surface area contributed by atoms with E-state index in [1.165, 1.54) is 5.69 Å². The van der Waals surface area contributed by atoms with Gasteiger partial charge in [-0.3, -0.25) is 9.88 Å². The van der Waals surface area contributed by atoms with Crippen molar-refractivity contribution >= 4 is 0 Å². The quantitative estimate of drug-likeness (QED) is 0.708. The smallest absolute Gasteiger partial charge is 0.131 e. The third-order valence-corrected chi connectivity index (χ3v) is 4.58. The first-order chi connectivity index (χ1) is 12.0. The van der Waals surface area contributed by atoms with E-state index in [0.717, 1.165) is 29.2 Å². The number of aryl methyl sites for hydroxylation is 1. The summed E-state index contributed by atoms with van der Waals surface area (Å²) in [6.45, 7) is 5.47. The van der Waals surface area contributed by atoms with Crippen LogP contribution in [0, 0.1) is 19.7 Å². The SMILES string of the molecule is Cc1nc(CN(C)Cc2ccc(-c3cccnc3)c(F)c2)n(C)c1C. The highest BCUT2D eigenvalue weighted by molar-refractivity contribution is 5.63. The average molecular weight is 338 g/mol. The van der Waals surface area contributed by atoms with Crippen LogP contribution in [0.5, 0.6) is 0 Å². The van der Waals surface area contributed by atoms with Gasteiger partial charge in [-0.05, 0) is 38.6 Å². The standard InChI is InChI=1S/C20H23FN4/c1-14-15(2)25(4)20(23-14)13-24(3)12-16-7-8-18(19(21)10-16)17-6-5-9-22-11-17/h5-11H,12-13H2,1-4H3. The first-order valence-electron chi connectivity index (χ1n) is 8.32. The van der Waals surface area contributed by atoms with E-state index in [4.69, 9.17) is 0 Å². The fraction of sp³-hybridized carbons (Fsp3) is 0.300. The molecule has 0 N–H and O–H groups in total. The van der Waals surface area contributed by atoms with Gasteiger partial charge in [0, 0.05) is 42.8 Å². The van der Waals surface area contributed by atoms with E-state index >= 15 is 0 Å². The number of aromatic nitrogens is 3. The van der Waals surface area contributed by atoms with Crippen molar-refractivity contribution in [2.75, 3.05) is 7.05 Å². The van der Waals surface area contributed by atoms with Crippen LogP contribution in [0.2, 0.25) is 0 Å². The molecule has 130 valence electrons. The van der Waals surface area contributed by atoms with E-state index in [1.807, 2.05) is 45.3 Å². The van der Waals surface area contributed by atoms with Crippen molar-refractivity contribution in [3.8, 4) is 11.1 Å². The highest BCUT2D eigenvalue weighted by atomic mass is 19.1. The second-order valence-electron chi connectivity index (χ2n) is 6.49. The molecule has 0 aliphatic heterocycles. The summed E-state index contributed by atoms with van der Waals surface area (Å²) in [5, 5.41) is 0. The Balaban J connectivity index is 1.72. The largest absolute Gasteiger partial charge is 0.334 e. The first-order valence-corrected chi connectivity index (χ1v) is 8.32. The Bertz CT molecular complexity index is 871. The maximum atomic E-state index is 14.5. The minimum Gasteiger partial charge on any atom is -0.334 e. The molecule has 0 saturated carbocycles. The Labute approximate surface area is 148 Å². The second kappa shape index (κ2) is 7.15. The van der Waals surface area contributed by atoms with Crippen molar-refractivity contribution in [2.24, 2.45) is 7.05 Å². The number of hydrogen-bond donors (Lipinski definition) is 0. The molecule has 0 radical (unpaired) electrons. The van der Waals surface area contributed by atoms with E-state index < -0.39 is 0 Å². The van der Waals surface area contributed by atoms with Crippen molar-refractivity contribution in [3.05, 3.63) is 71.3 Å². The minimum absolute atomic E-state index is 0.220. The zero-order valence-corrected chi connectivity index (χ0v) is 15.1. The van der Waals surface area contributed by atoms with E-state index in [1.54, 1.807) is 18.5 Å². The average Bonchev–Trinajstić information content (AvgIpc) is 2.82. The van der Waals surface area contributed by atoms with Crippen LogP contribution in [0.3, 0.4) is 0 Å². The van der Waals surface area contributed by atoms with E-state index in [9.17, 15) is 4.39 Å². The molecular formula is C20H23FN4. The lowest BCUT2D eigenvalue weighted by Gasteiger charge is -2.17. The van der Waals surface area contributed by atoms with Crippen LogP contribution in [0.15, 0.2) is 42.7 Å². The van der Waals surface area contributed by atoms with Crippen LogP contribution in [0.25, 0.3) is 11.1 Å². The lowest BCUT2D eigenvalue weighted by molar-refractivity contribution is 0.306. The molecule has 0 bridgehead atoms. The van der Waals surface area contributed by atoms with Gasteiger partial charge < -0.3 is 4.57 Å². The second-order valence-corrected chi connectivity index (χ2v) is 6.49. The summed E-state index contributed by atoms with van der Waals surface area (Å²) in [5.41, 5.74) is 4.54. The van der Waals surface area contributed by atoms with Crippen LogP contribution >= 0.6 is 0 Å². The van der Waals surface area contributed by atoms with Gasteiger partial charge in [0.2, 0.25) is 0 Å². The molecule has 1 aromatic carbocycles. The summed E-state index contributed by atoms with van der Waals surface area (Å²) in [6, 6.07) is 9.07. The highest BCUT2D eigenvalue weighted by Gasteiger charge is 2.12. The molecule has 25 heavy (non-hydrogen) atoms. The molecule has 3 aromatic rings. The summed E-state index contributed by atoms with van der Waals surface area (Å²) in [4.78, 5) is 10.8. The molecule has 2 aromatic heterocycles. The molecule has 0 aliphatic rings. The van der Waals surface area contributed by atoms with Gasteiger partial charge in [0.05, 0.1) is 12.2 Å². The fourth-order valence-corrected chi connectivity index (χ4v) is 2.95. The molecule has 0 spiro atoms. The zero-order chi connectivity index (χ0) is 18.0. The van der Waals surface area contributed by atoms with Crippen LogP contribution in [-0.4, -0.2) is 26.5 Å². The molecule has 5 heteroatoms. The summed E-state index contributed by atoms with van der Waals surface area (Å²) >= 11 is 0. The first kappa shape index (κ1) is 17.3.